The minimum absolute atomic E-state index is 0.0358. The van der Waals surface area contributed by atoms with Gasteiger partial charge in [0, 0.05) is 36.5 Å². The van der Waals surface area contributed by atoms with Gasteiger partial charge in [0.15, 0.2) is 0 Å². The quantitative estimate of drug-likeness (QED) is 0.771. The average Bonchev–Trinajstić information content (AvgIpc) is 2.73. The zero-order valence-electron chi connectivity index (χ0n) is 16.6. The summed E-state index contributed by atoms with van der Waals surface area (Å²) >= 11 is 0. The number of ether oxygens (including phenoxy) is 1. The van der Waals surface area contributed by atoms with Crippen molar-refractivity contribution >= 4 is 12.0 Å². The van der Waals surface area contributed by atoms with Crippen LogP contribution in [0, 0.1) is 5.92 Å². The van der Waals surface area contributed by atoms with E-state index in [0.717, 1.165) is 12.8 Å². The van der Waals surface area contributed by atoms with Crippen LogP contribution in [0.1, 0.15) is 38.7 Å². The minimum Gasteiger partial charge on any atom is -0.449 e. The molecule has 1 N–H and O–H groups in total. The molecule has 0 spiro atoms. The summed E-state index contributed by atoms with van der Waals surface area (Å²) in [6, 6.07) is 8.05. The lowest BCUT2D eigenvalue weighted by Gasteiger charge is -2.32. The minimum atomic E-state index is -2.57. The number of hydrogen-bond acceptors (Lipinski definition) is 5. The van der Waals surface area contributed by atoms with Crippen molar-refractivity contribution in [2.45, 2.75) is 39.2 Å². The summed E-state index contributed by atoms with van der Waals surface area (Å²) in [6.45, 7) is 5.69. The van der Waals surface area contributed by atoms with E-state index < -0.39 is 6.43 Å². The van der Waals surface area contributed by atoms with Gasteiger partial charge in [-0.3, -0.25) is 0 Å². The average molecular weight is 404 g/mol. The summed E-state index contributed by atoms with van der Waals surface area (Å²) in [7, 11) is 0. The maximum Gasteiger partial charge on any atom is 0.407 e. The largest absolute Gasteiger partial charge is 0.449 e. The first-order chi connectivity index (χ1) is 13.9. The molecule has 3 rings (SSSR count). The Bertz CT molecular complexity index is 824. The zero-order chi connectivity index (χ0) is 20.8. The van der Waals surface area contributed by atoms with Crippen molar-refractivity contribution in [3.63, 3.8) is 0 Å². The van der Waals surface area contributed by atoms with Crippen molar-refractivity contribution in [2.75, 3.05) is 24.6 Å². The predicted molar refractivity (Wildman–Crippen MR) is 107 cm³/mol. The Morgan fingerprint density at radius 1 is 1.24 bits per heavy atom. The van der Waals surface area contributed by atoms with Gasteiger partial charge in [-0.15, -0.1) is 0 Å². The number of rotatable bonds is 6. The van der Waals surface area contributed by atoms with Crippen LogP contribution in [0.25, 0.3) is 11.3 Å². The number of nitrogens with one attached hydrogen (secondary N) is 1. The fourth-order valence-electron chi connectivity index (χ4n) is 3.25. The Morgan fingerprint density at radius 2 is 1.97 bits per heavy atom. The van der Waals surface area contributed by atoms with E-state index in [0.29, 0.717) is 42.8 Å². The van der Waals surface area contributed by atoms with E-state index in [1.807, 2.05) is 18.7 Å². The lowest BCUT2D eigenvalue weighted by atomic mass is 10.0. The molecule has 6 nitrogen and oxygen atoms in total. The highest BCUT2D eigenvalue weighted by Crippen LogP contribution is 2.30. The summed E-state index contributed by atoms with van der Waals surface area (Å²) in [4.78, 5) is 22.7. The van der Waals surface area contributed by atoms with Gasteiger partial charge in [0.25, 0.3) is 6.43 Å². The molecule has 1 aliphatic heterocycles. The molecule has 0 atom stereocenters. The van der Waals surface area contributed by atoms with E-state index >= 15 is 0 Å². The van der Waals surface area contributed by atoms with Crippen molar-refractivity contribution in [1.82, 2.24) is 15.3 Å². The summed E-state index contributed by atoms with van der Waals surface area (Å²) < 4.78 is 31.8. The monoisotopic (exact) mass is 404 g/mol. The number of carbonyl (C=O) groups is 1. The molecule has 1 saturated heterocycles. The second kappa shape index (κ2) is 9.62. The van der Waals surface area contributed by atoms with Crippen LogP contribution in [0.3, 0.4) is 0 Å². The molecule has 1 aliphatic rings. The van der Waals surface area contributed by atoms with E-state index in [2.05, 4.69) is 15.3 Å². The van der Waals surface area contributed by atoms with Gasteiger partial charge in [0.1, 0.15) is 0 Å². The second-order valence-electron chi connectivity index (χ2n) is 7.53. The third-order valence-corrected chi connectivity index (χ3v) is 4.76. The first-order valence-corrected chi connectivity index (χ1v) is 9.82. The van der Waals surface area contributed by atoms with Crippen molar-refractivity contribution in [1.29, 1.82) is 0 Å². The molecule has 156 valence electrons. The van der Waals surface area contributed by atoms with E-state index in [1.54, 1.807) is 30.5 Å². The van der Waals surface area contributed by atoms with Gasteiger partial charge >= 0.3 is 6.09 Å². The molecule has 0 radical (unpaired) electrons. The van der Waals surface area contributed by atoms with Crippen LogP contribution in [0.4, 0.5) is 19.5 Å². The number of alkyl carbamates (subject to hydrolysis) is 1. The molecule has 1 aromatic carbocycles. The van der Waals surface area contributed by atoms with Gasteiger partial charge in [0.2, 0.25) is 5.95 Å². The summed E-state index contributed by atoms with van der Waals surface area (Å²) in [6.07, 6.45) is 0.102. The third kappa shape index (κ3) is 5.62. The lowest BCUT2D eigenvalue weighted by Crippen LogP contribution is -2.45. The first-order valence-electron chi connectivity index (χ1n) is 9.82. The Hall–Kier alpha value is -2.77. The molecule has 2 heterocycles. The number of benzene rings is 1. The number of piperidine rings is 1. The van der Waals surface area contributed by atoms with Gasteiger partial charge < -0.3 is 15.0 Å². The van der Waals surface area contributed by atoms with E-state index in [4.69, 9.17) is 4.74 Å². The number of carbonyl (C=O) groups excluding carboxylic acids is 1. The van der Waals surface area contributed by atoms with E-state index in [1.165, 1.54) is 6.07 Å². The van der Waals surface area contributed by atoms with E-state index in [9.17, 15) is 13.6 Å². The highest BCUT2D eigenvalue weighted by molar-refractivity contribution is 5.67. The Morgan fingerprint density at radius 3 is 2.66 bits per heavy atom. The van der Waals surface area contributed by atoms with Crippen molar-refractivity contribution in [2.24, 2.45) is 5.92 Å². The zero-order valence-corrected chi connectivity index (χ0v) is 16.6. The van der Waals surface area contributed by atoms with E-state index in [-0.39, 0.29) is 17.7 Å². The smallest absolute Gasteiger partial charge is 0.407 e. The molecule has 0 aliphatic carbocycles. The SMILES string of the molecule is CC(C)COC(=O)NC1CCN(c2nccc(-c3ccccc3C(F)F)n2)CC1. The van der Waals surface area contributed by atoms with Gasteiger partial charge in [-0.1, -0.05) is 38.1 Å². The van der Waals surface area contributed by atoms with Crippen molar-refractivity contribution < 1.29 is 18.3 Å². The first kappa shape index (κ1) is 21.0. The number of halogens is 2. The Balaban J connectivity index is 1.62. The molecule has 2 aromatic rings. The van der Waals surface area contributed by atoms with Crippen molar-refractivity contribution in [3.05, 3.63) is 42.1 Å². The molecule has 0 unspecified atom stereocenters. The fraction of sp³-hybridized carbons (Fsp3) is 0.476. The lowest BCUT2D eigenvalue weighted by molar-refractivity contribution is 0.127. The number of nitrogens with zero attached hydrogens (tertiary/aromatic N) is 3. The number of hydrogen-bond donors (Lipinski definition) is 1. The second-order valence-corrected chi connectivity index (χ2v) is 7.53. The van der Waals surface area contributed by atoms with Crippen LogP contribution in [-0.4, -0.2) is 41.8 Å². The maximum atomic E-state index is 13.3. The number of alkyl halides is 2. The summed E-state index contributed by atoms with van der Waals surface area (Å²) in [5.41, 5.74) is 0.846. The third-order valence-electron chi connectivity index (χ3n) is 4.76. The normalized spacial score (nSPS) is 15.0. The molecule has 8 heteroatoms. The van der Waals surface area contributed by atoms with Crippen LogP contribution in [0.15, 0.2) is 36.5 Å². The maximum absolute atomic E-state index is 13.3. The number of amides is 1. The molecule has 0 bridgehead atoms. The molecule has 0 saturated carbocycles. The summed E-state index contributed by atoms with van der Waals surface area (Å²) in [5.74, 6) is 0.801. The molecular formula is C21H26F2N4O2. The van der Waals surface area contributed by atoms with Gasteiger partial charge in [-0.25, -0.2) is 23.5 Å². The molecule has 1 aromatic heterocycles. The van der Waals surface area contributed by atoms with Gasteiger partial charge in [-0.05, 0) is 24.8 Å². The van der Waals surface area contributed by atoms with Crippen LogP contribution < -0.4 is 10.2 Å². The Labute approximate surface area is 169 Å². The van der Waals surface area contributed by atoms with Crippen LogP contribution in [0.2, 0.25) is 0 Å². The predicted octanol–water partition coefficient (Wildman–Crippen LogP) is 4.43. The van der Waals surface area contributed by atoms with Crippen LogP contribution in [0.5, 0.6) is 0 Å². The Kier molecular flexibility index (Phi) is 6.95. The highest BCUT2D eigenvalue weighted by atomic mass is 19.3. The van der Waals surface area contributed by atoms with Crippen LogP contribution in [-0.2, 0) is 4.74 Å². The molecule has 29 heavy (non-hydrogen) atoms. The number of anilines is 1. The van der Waals surface area contributed by atoms with Crippen molar-refractivity contribution in [3.8, 4) is 11.3 Å². The molecule has 1 amide bonds. The summed E-state index contributed by atoms with van der Waals surface area (Å²) in [5, 5.41) is 2.89. The van der Waals surface area contributed by atoms with Gasteiger partial charge in [0.05, 0.1) is 12.3 Å². The molecule has 1 fully saturated rings. The molecular weight excluding hydrogens is 378 g/mol. The number of aromatic nitrogens is 2. The highest BCUT2D eigenvalue weighted by Gasteiger charge is 2.23. The standard InChI is InChI=1S/C21H26F2N4O2/c1-14(2)13-29-21(28)25-15-8-11-27(12-9-15)20-24-10-7-18(26-20)16-5-3-4-6-17(16)19(22)23/h3-7,10,14-15,19H,8-9,11-13H2,1-2H3,(H,25,28). The van der Waals surface area contributed by atoms with Gasteiger partial charge in [-0.2, -0.15) is 0 Å². The fourth-order valence-corrected chi connectivity index (χ4v) is 3.25. The van der Waals surface area contributed by atoms with Crippen LogP contribution >= 0.6 is 0 Å². The topological polar surface area (TPSA) is 67.3 Å².